The number of Topliss-reactive ketones (excluding diaryl/α,β-unsaturated/α-hetero) is 2. The van der Waals surface area contributed by atoms with E-state index in [0.29, 0.717) is 31.6 Å². The molecule has 1 aromatic rings. The SMILES string of the molecule is NC(=O)C1=C(O)[C@@]2(O)C(=O)C3=C(O)c4c(O)ccc(Cl)c4C[C@H]3C[C@H]2[C@@H](NC2CCOCC2)C1=O. The number of nitrogens with two attached hydrogens (primary N) is 1. The summed E-state index contributed by atoms with van der Waals surface area (Å²) in [6.45, 7) is 0.913. The predicted octanol–water partition coefficient (Wildman–Crippen LogP) is 0.824. The molecule has 0 aromatic heterocycles. The van der Waals surface area contributed by atoms with E-state index in [-0.39, 0.29) is 40.8 Å². The van der Waals surface area contributed by atoms with Gasteiger partial charge in [0.1, 0.15) is 22.8 Å². The maximum Gasteiger partial charge on any atom is 0.255 e. The summed E-state index contributed by atoms with van der Waals surface area (Å²) in [6, 6.07) is 1.38. The number of phenolic OH excluding ortho intramolecular Hbond substituents is 1. The van der Waals surface area contributed by atoms with E-state index in [9.17, 15) is 34.8 Å². The highest BCUT2D eigenvalue weighted by Gasteiger charge is 2.63. The van der Waals surface area contributed by atoms with Crippen LogP contribution in [0.2, 0.25) is 5.02 Å². The topological polar surface area (TPSA) is 179 Å². The quantitative estimate of drug-likeness (QED) is 0.325. The fourth-order valence-corrected chi connectivity index (χ4v) is 6.18. The molecule has 1 amide bonds. The Morgan fingerprint density at radius 2 is 1.86 bits per heavy atom. The molecule has 1 heterocycles. The van der Waals surface area contributed by atoms with Gasteiger partial charge in [-0.1, -0.05) is 11.6 Å². The molecule has 0 spiro atoms. The molecule has 3 aliphatic carbocycles. The highest BCUT2D eigenvalue weighted by molar-refractivity contribution is 6.32. The molecular weight excluding hydrogens is 480 g/mol. The van der Waals surface area contributed by atoms with Gasteiger partial charge in [-0.05, 0) is 49.3 Å². The van der Waals surface area contributed by atoms with Gasteiger partial charge in [-0.3, -0.25) is 14.4 Å². The standard InChI is InChI=1S/C24H25ClN2O8/c25-13-1-2-14(28)16-11(13)7-9-8-12-18(27-10-3-5-35-6-4-10)20(30)17(23(26)33)22(32)24(12,34)21(31)15(9)19(16)29/h1-2,9-10,12,18,27-29,32,34H,3-8H2,(H2,26,33)/t9-,12-,18+,24-/m0/s1. The third-order valence-electron chi connectivity index (χ3n) is 7.66. The van der Waals surface area contributed by atoms with Gasteiger partial charge in [-0.15, -0.1) is 0 Å². The number of aliphatic hydroxyl groups is 3. The number of aliphatic hydroxyl groups excluding tert-OH is 2. The zero-order valence-corrected chi connectivity index (χ0v) is 19.3. The largest absolute Gasteiger partial charge is 0.508 e. The number of primary amides is 1. The van der Waals surface area contributed by atoms with Crippen LogP contribution in [0, 0.1) is 11.8 Å². The molecule has 10 nitrogen and oxygen atoms in total. The van der Waals surface area contributed by atoms with Gasteiger partial charge in [-0.2, -0.15) is 0 Å². The molecule has 1 aliphatic heterocycles. The third kappa shape index (κ3) is 3.39. The lowest BCUT2D eigenvalue weighted by atomic mass is 9.57. The summed E-state index contributed by atoms with van der Waals surface area (Å²) in [6.07, 6.45) is 1.31. The molecule has 0 radical (unpaired) electrons. The van der Waals surface area contributed by atoms with Gasteiger partial charge in [0.25, 0.3) is 5.91 Å². The van der Waals surface area contributed by atoms with Gasteiger partial charge in [0.15, 0.2) is 11.4 Å². The Bertz CT molecular complexity index is 1220. The van der Waals surface area contributed by atoms with Gasteiger partial charge in [-0.25, -0.2) is 0 Å². The van der Waals surface area contributed by atoms with E-state index in [0.717, 1.165) is 0 Å². The Morgan fingerprint density at radius 1 is 1.17 bits per heavy atom. The zero-order chi connectivity index (χ0) is 25.2. The highest BCUT2D eigenvalue weighted by Crippen LogP contribution is 2.52. The molecule has 35 heavy (non-hydrogen) atoms. The van der Waals surface area contributed by atoms with Crippen molar-refractivity contribution < 1.29 is 39.5 Å². The maximum absolute atomic E-state index is 13.8. The van der Waals surface area contributed by atoms with Crippen LogP contribution >= 0.6 is 11.6 Å². The molecule has 0 bridgehead atoms. The molecule has 11 heteroatoms. The number of ether oxygens (including phenoxy) is 1. The van der Waals surface area contributed by atoms with E-state index in [2.05, 4.69) is 5.32 Å². The minimum absolute atomic E-state index is 0.00971. The second-order valence-electron chi connectivity index (χ2n) is 9.50. The van der Waals surface area contributed by atoms with Crippen molar-refractivity contribution in [1.82, 2.24) is 5.32 Å². The molecule has 1 saturated carbocycles. The van der Waals surface area contributed by atoms with Crippen LogP contribution in [-0.4, -0.2) is 68.8 Å². The summed E-state index contributed by atoms with van der Waals surface area (Å²) >= 11 is 6.31. The molecule has 186 valence electrons. The van der Waals surface area contributed by atoms with Crippen LogP contribution in [0.4, 0.5) is 0 Å². The summed E-state index contributed by atoms with van der Waals surface area (Å²) in [4.78, 5) is 39.2. The van der Waals surface area contributed by atoms with E-state index in [1.807, 2.05) is 0 Å². The monoisotopic (exact) mass is 504 g/mol. The predicted molar refractivity (Wildman–Crippen MR) is 123 cm³/mol. The number of aromatic hydroxyl groups is 1. The molecule has 1 aromatic carbocycles. The molecule has 7 N–H and O–H groups in total. The third-order valence-corrected chi connectivity index (χ3v) is 8.02. The van der Waals surface area contributed by atoms with Crippen molar-refractivity contribution in [2.75, 3.05) is 13.2 Å². The number of carbonyl (C=O) groups is 3. The number of fused-ring (bicyclic) bond motifs is 3. The van der Waals surface area contributed by atoms with E-state index < -0.39 is 58.0 Å². The highest BCUT2D eigenvalue weighted by atomic mass is 35.5. The molecule has 5 rings (SSSR count). The molecule has 1 saturated heterocycles. The van der Waals surface area contributed by atoms with Crippen molar-refractivity contribution in [3.8, 4) is 5.75 Å². The molecule has 0 unspecified atom stereocenters. The van der Waals surface area contributed by atoms with Crippen LogP contribution in [0.5, 0.6) is 5.75 Å². The summed E-state index contributed by atoms with van der Waals surface area (Å²) in [5.74, 6) is -6.91. The number of phenols is 1. The Balaban J connectivity index is 1.66. The Kier molecular flexibility index (Phi) is 5.67. The Hall–Kier alpha value is -2.92. The fourth-order valence-electron chi connectivity index (χ4n) is 5.95. The lowest BCUT2D eigenvalue weighted by molar-refractivity contribution is -0.150. The molecule has 2 fully saturated rings. The summed E-state index contributed by atoms with van der Waals surface area (Å²) in [5.41, 5.74) is 2.06. The van der Waals surface area contributed by atoms with Crippen LogP contribution in [0.25, 0.3) is 5.76 Å². The van der Waals surface area contributed by atoms with E-state index in [4.69, 9.17) is 22.1 Å². The second-order valence-corrected chi connectivity index (χ2v) is 9.91. The van der Waals surface area contributed by atoms with Gasteiger partial charge in [0.2, 0.25) is 5.78 Å². The van der Waals surface area contributed by atoms with Gasteiger partial charge >= 0.3 is 0 Å². The summed E-state index contributed by atoms with van der Waals surface area (Å²) in [7, 11) is 0. The average molecular weight is 505 g/mol. The number of hydrogen-bond acceptors (Lipinski definition) is 9. The normalized spacial score (nSPS) is 31.2. The summed E-state index contributed by atoms with van der Waals surface area (Å²) in [5, 5.41) is 47.4. The van der Waals surface area contributed by atoms with E-state index in [1.165, 1.54) is 12.1 Å². The van der Waals surface area contributed by atoms with Gasteiger partial charge in [0, 0.05) is 35.8 Å². The number of benzene rings is 1. The lowest BCUT2D eigenvalue weighted by Gasteiger charge is -2.49. The Morgan fingerprint density at radius 3 is 2.51 bits per heavy atom. The van der Waals surface area contributed by atoms with Crippen LogP contribution in [-0.2, 0) is 25.5 Å². The number of nitrogens with one attached hydrogen (secondary N) is 1. The smallest absolute Gasteiger partial charge is 0.255 e. The van der Waals surface area contributed by atoms with Crippen molar-refractivity contribution in [2.45, 2.75) is 43.4 Å². The minimum Gasteiger partial charge on any atom is -0.508 e. The maximum atomic E-state index is 13.8. The zero-order valence-electron chi connectivity index (χ0n) is 18.6. The molecular formula is C24H25ClN2O8. The second kappa shape index (κ2) is 8.34. The van der Waals surface area contributed by atoms with Crippen molar-refractivity contribution in [2.24, 2.45) is 17.6 Å². The van der Waals surface area contributed by atoms with Crippen molar-refractivity contribution in [3.63, 3.8) is 0 Å². The first-order valence-electron chi connectivity index (χ1n) is 11.4. The number of hydrogen-bond donors (Lipinski definition) is 6. The van der Waals surface area contributed by atoms with E-state index in [1.54, 1.807) is 0 Å². The lowest BCUT2D eigenvalue weighted by Crippen LogP contribution is -2.67. The fraction of sp³-hybridized carbons (Fsp3) is 0.458. The van der Waals surface area contributed by atoms with Crippen molar-refractivity contribution >= 4 is 34.8 Å². The average Bonchev–Trinajstić information content (AvgIpc) is 2.81. The van der Waals surface area contributed by atoms with Crippen LogP contribution in [0.3, 0.4) is 0 Å². The molecule has 4 atom stereocenters. The van der Waals surface area contributed by atoms with Crippen molar-refractivity contribution in [1.29, 1.82) is 0 Å². The first kappa shape index (κ1) is 23.8. The summed E-state index contributed by atoms with van der Waals surface area (Å²) < 4.78 is 5.35. The van der Waals surface area contributed by atoms with Crippen LogP contribution < -0.4 is 11.1 Å². The number of ketones is 2. The first-order chi connectivity index (χ1) is 16.6. The van der Waals surface area contributed by atoms with Crippen LogP contribution in [0.15, 0.2) is 29.0 Å². The number of halogens is 1. The minimum atomic E-state index is -2.67. The van der Waals surface area contributed by atoms with Gasteiger partial charge in [0.05, 0.1) is 11.6 Å². The van der Waals surface area contributed by atoms with Crippen LogP contribution in [0.1, 0.15) is 30.4 Å². The number of rotatable bonds is 3. The first-order valence-corrected chi connectivity index (χ1v) is 11.8. The number of amides is 1. The number of carbonyl (C=O) groups excluding carboxylic acids is 3. The molecule has 4 aliphatic rings. The van der Waals surface area contributed by atoms with E-state index >= 15 is 0 Å². The Labute approximate surface area is 205 Å². The van der Waals surface area contributed by atoms with Crippen molar-refractivity contribution in [3.05, 3.63) is 45.2 Å². The van der Waals surface area contributed by atoms with Gasteiger partial charge < -0.3 is 36.2 Å².